The molecule has 0 amide bonds. The van der Waals surface area contributed by atoms with E-state index >= 15 is 0 Å². The lowest BCUT2D eigenvalue weighted by Gasteiger charge is -2.18. The second-order valence-corrected chi connectivity index (χ2v) is 5.03. The van der Waals surface area contributed by atoms with Crippen LogP contribution in [0, 0.1) is 0 Å². The van der Waals surface area contributed by atoms with E-state index in [9.17, 15) is 0 Å². The number of allylic oxidation sites excluding steroid dienone is 1. The van der Waals surface area contributed by atoms with Crippen molar-refractivity contribution in [3.8, 4) is 17.2 Å². The highest BCUT2D eigenvalue weighted by Gasteiger charge is 2.21. The Morgan fingerprint density at radius 2 is 1.80 bits per heavy atom. The van der Waals surface area contributed by atoms with E-state index in [1.54, 1.807) is 21.3 Å². The molecule has 0 fully saturated rings. The summed E-state index contributed by atoms with van der Waals surface area (Å²) >= 11 is 3.61. The van der Waals surface area contributed by atoms with E-state index in [0.717, 1.165) is 38.1 Å². The van der Waals surface area contributed by atoms with E-state index in [1.807, 2.05) is 24.3 Å². The van der Waals surface area contributed by atoms with Gasteiger partial charge in [0, 0.05) is 10.9 Å². The van der Waals surface area contributed by atoms with Crippen LogP contribution in [0.3, 0.4) is 0 Å². The number of rotatable bonds is 5. The van der Waals surface area contributed by atoms with Crippen LogP contribution in [0.2, 0.25) is 0 Å². The molecule has 2 aromatic rings. The maximum Gasteiger partial charge on any atom is 0.141 e. The van der Waals surface area contributed by atoms with Gasteiger partial charge in [0.1, 0.15) is 17.2 Å². The van der Waals surface area contributed by atoms with E-state index < -0.39 is 0 Å². The second kappa shape index (κ2) is 6.18. The van der Waals surface area contributed by atoms with Crippen LogP contribution in [0.25, 0.3) is 10.8 Å². The molecule has 4 heteroatoms. The average molecular weight is 337 g/mol. The molecular formula is C16H17BrO3. The van der Waals surface area contributed by atoms with Gasteiger partial charge in [-0.1, -0.05) is 18.2 Å². The predicted molar refractivity (Wildman–Crippen MR) is 85.2 cm³/mol. The fraction of sp³-hybridized carbons (Fsp3) is 0.250. The van der Waals surface area contributed by atoms with Crippen molar-refractivity contribution in [2.75, 3.05) is 21.3 Å². The number of hydrogen-bond acceptors (Lipinski definition) is 3. The SMILES string of the molecule is C=CCc1c(Br)c(OC)c2cccc(OC)c2c1OC. The van der Waals surface area contributed by atoms with Crippen LogP contribution in [0.1, 0.15) is 5.56 Å². The predicted octanol–water partition coefficient (Wildman–Crippen LogP) is 4.36. The molecule has 0 atom stereocenters. The molecule has 0 aliphatic rings. The fourth-order valence-electron chi connectivity index (χ4n) is 2.38. The summed E-state index contributed by atoms with van der Waals surface area (Å²) in [5.74, 6) is 2.32. The Hall–Kier alpha value is -1.68. The number of hydrogen-bond donors (Lipinski definition) is 0. The molecule has 0 saturated carbocycles. The summed E-state index contributed by atoms with van der Waals surface area (Å²) < 4.78 is 17.5. The van der Waals surface area contributed by atoms with Gasteiger partial charge in [-0.15, -0.1) is 6.58 Å². The van der Waals surface area contributed by atoms with Crippen LogP contribution < -0.4 is 14.2 Å². The first-order valence-corrected chi connectivity index (χ1v) is 6.98. The summed E-state index contributed by atoms with van der Waals surface area (Å²) in [4.78, 5) is 0. The van der Waals surface area contributed by atoms with Gasteiger partial charge in [0.2, 0.25) is 0 Å². The Bertz CT molecular complexity index is 650. The van der Waals surface area contributed by atoms with Crippen LogP contribution >= 0.6 is 15.9 Å². The van der Waals surface area contributed by atoms with Crippen molar-refractivity contribution < 1.29 is 14.2 Å². The Balaban J connectivity index is 2.98. The Morgan fingerprint density at radius 1 is 1.10 bits per heavy atom. The maximum absolute atomic E-state index is 5.62. The molecular weight excluding hydrogens is 320 g/mol. The van der Waals surface area contributed by atoms with Crippen molar-refractivity contribution in [3.05, 3.63) is 40.9 Å². The largest absolute Gasteiger partial charge is 0.496 e. The standard InChI is InChI=1S/C16H17BrO3/c1-5-7-11-14(17)16(20-4)10-8-6-9-12(18-2)13(10)15(11)19-3/h5-6,8-9H,1,7H2,2-4H3. The van der Waals surface area contributed by atoms with Gasteiger partial charge in [0.15, 0.2) is 0 Å². The van der Waals surface area contributed by atoms with Crippen molar-refractivity contribution in [2.45, 2.75) is 6.42 Å². The highest BCUT2D eigenvalue weighted by atomic mass is 79.9. The molecule has 3 nitrogen and oxygen atoms in total. The van der Waals surface area contributed by atoms with Gasteiger partial charge in [0.25, 0.3) is 0 Å². The number of halogens is 1. The number of benzene rings is 2. The number of fused-ring (bicyclic) bond motifs is 1. The molecule has 0 aromatic heterocycles. The van der Waals surface area contributed by atoms with Gasteiger partial charge in [-0.05, 0) is 28.4 Å². The summed E-state index contributed by atoms with van der Waals surface area (Å²) in [7, 11) is 4.96. The molecule has 2 aromatic carbocycles. The van der Waals surface area contributed by atoms with Crippen LogP contribution in [-0.2, 0) is 6.42 Å². The minimum atomic E-state index is 0.675. The fourth-order valence-corrected chi connectivity index (χ4v) is 3.10. The van der Waals surface area contributed by atoms with Crippen LogP contribution in [-0.4, -0.2) is 21.3 Å². The molecule has 0 radical (unpaired) electrons. The minimum absolute atomic E-state index is 0.675. The molecule has 0 N–H and O–H groups in total. The third-order valence-corrected chi connectivity index (χ3v) is 4.05. The third kappa shape index (κ3) is 2.24. The number of methoxy groups -OCH3 is 3. The van der Waals surface area contributed by atoms with Crippen molar-refractivity contribution in [1.29, 1.82) is 0 Å². The lowest BCUT2D eigenvalue weighted by Crippen LogP contribution is -1.99. The second-order valence-electron chi connectivity index (χ2n) is 4.23. The zero-order valence-corrected chi connectivity index (χ0v) is 13.4. The normalized spacial score (nSPS) is 10.4. The Labute approximate surface area is 127 Å². The van der Waals surface area contributed by atoms with Crippen LogP contribution in [0.4, 0.5) is 0 Å². The molecule has 2 rings (SSSR count). The van der Waals surface area contributed by atoms with E-state index in [1.165, 1.54) is 0 Å². The zero-order valence-electron chi connectivity index (χ0n) is 11.8. The quantitative estimate of drug-likeness (QED) is 0.759. The third-order valence-electron chi connectivity index (χ3n) is 3.21. The summed E-state index contributed by atoms with van der Waals surface area (Å²) in [6.07, 6.45) is 2.51. The molecule has 0 bridgehead atoms. The average Bonchev–Trinajstić information content (AvgIpc) is 2.48. The minimum Gasteiger partial charge on any atom is -0.496 e. The van der Waals surface area contributed by atoms with Gasteiger partial charge in [-0.25, -0.2) is 0 Å². The number of ether oxygens (including phenoxy) is 3. The van der Waals surface area contributed by atoms with E-state index in [0.29, 0.717) is 6.42 Å². The first kappa shape index (κ1) is 14.7. The lowest BCUT2D eigenvalue weighted by atomic mass is 10.0. The molecule has 0 unspecified atom stereocenters. The van der Waals surface area contributed by atoms with Crippen molar-refractivity contribution >= 4 is 26.7 Å². The van der Waals surface area contributed by atoms with E-state index in [2.05, 4.69) is 22.5 Å². The maximum atomic E-state index is 5.62. The molecule has 20 heavy (non-hydrogen) atoms. The topological polar surface area (TPSA) is 27.7 Å². The van der Waals surface area contributed by atoms with Crippen molar-refractivity contribution in [1.82, 2.24) is 0 Å². The van der Waals surface area contributed by atoms with E-state index in [4.69, 9.17) is 14.2 Å². The van der Waals surface area contributed by atoms with Gasteiger partial charge >= 0.3 is 0 Å². The Kier molecular flexibility index (Phi) is 4.55. The zero-order chi connectivity index (χ0) is 14.7. The summed E-state index contributed by atoms with van der Waals surface area (Å²) in [5.41, 5.74) is 0.997. The Morgan fingerprint density at radius 3 is 2.35 bits per heavy atom. The molecule has 0 saturated heterocycles. The van der Waals surface area contributed by atoms with Gasteiger partial charge in [-0.3, -0.25) is 0 Å². The van der Waals surface area contributed by atoms with Crippen molar-refractivity contribution in [3.63, 3.8) is 0 Å². The molecule has 106 valence electrons. The summed E-state index contributed by atoms with van der Waals surface area (Å²) in [6.45, 7) is 3.80. The highest BCUT2D eigenvalue weighted by molar-refractivity contribution is 9.10. The molecule has 0 spiro atoms. The molecule has 0 heterocycles. The molecule has 0 aliphatic carbocycles. The summed E-state index contributed by atoms with van der Waals surface area (Å²) in [5, 5.41) is 1.86. The smallest absolute Gasteiger partial charge is 0.141 e. The van der Waals surface area contributed by atoms with Gasteiger partial charge in [-0.2, -0.15) is 0 Å². The lowest BCUT2D eigenvalue weighted by molar-refractivity contribution is 0.396. The first-order chi connectivity index (χ1) is 9.69. The van der Waals surface area contributed by atoms with Gasteiger partial charge in [0.05, 0.1) is 31.2 Å². The van der Waals surface area contributed by atoms with Crippen molar-refractivity contribution in [2.24, 2.45) is 0 Å². The first-order valence-electron chi connectivity index (χ1n) is 6.19. The molecule has 0 aliphatic heterocycles. The monoisotopic (exact) mass is 336 g/mol. The van der Waals surface area contributed by atoms with Crippen LogP contribution in [0.5, 0.6) is 17.2 Å². The van der Waals surface area contributed by atoms with Crippen LogP contribution in [0.15, 0.2) is 35.3 Å². The summed E-state index contributed by atoms with van der Waals surface area (Å²) in [6, 6.07) is 5.83. The van der Waals surface area contributed by atoms with E-state index in [-0.39, 0.29) is 0 Å². The highest BCUT2D eigenvalue weighted by Crippen LogP contribution is 2.47. The van der Waals surface area contributed by atoms with Gasteiger partial charge < -0.3 is 14.2 Å².